The first kappa shape index (κ1) is 15.1. The van der Waals surface area contributed by atoms with E-state index in [1.165, 1.54) is 6.07 Å². The van der Waals surface area contributed by atoms with Gasteiger partial charge < -0.3 is 11.1 Å². The highest BCUT2D eigenvalue weighted by Gasteiger charge is 2.08. The molecule has 108 valence electrons. The standard InChI is InChI=1S/C16H15FN2OS/c17-14-4-2-1-3-12(14)10-16(20)19-13-7-5-11(6-8-13)9-15(18)21/h1-8H,9-10H2,(H2,18,21)(H,19,20). The summed E-state index contributed by atoms with van der Waals surface area (Å²) in [5.74, 6) is -0.637. The summed E-state index contributed by atoms with van der Waals surface area (Å²) in [4.78, 5) is 12.3. The second-order valence-electron chi connectivity index (χ2n) is 4.66. The Hall–Kier alpha value is -2.27. The van der Waals surface area contributed by atoms with Gasteiger partial charge in [0, 0.05) is 12.1 Å². The van der Waals surface area contributed by atoms with Crippen LogP contribution in [0.1, 0.15) is 11.1 Å². The highest BCUT2D eigenvalue weighted by Crippen LogP contribution is 2.12. The lowest BCUT2D eigenvalue weighted by Crippen LogP contribution is -2.15. The Morgan fingerprint density at radius 2 is 1.76 bits per heavy atom. The number of hydrogen-bond donors (Lipinski definition) is 2. The Balaban J connectivity index is 1.96. The molecule has 0 spiro atoms. The number of thiocarbonyl (C=S) groups is 1. The van der Waals surface area contributed by atoms with Gasteiger partial charge in [0.2, 0.25) is 5.91 Å². The van der Waals surface area contributed by atoms with Crippen LogP contribution in [0.3, 0.4) is 0 Å². The van der Waals surface area contributed by atoms with Gasteiger partial charge in [0.05, 0.1) is 11.4 Å². The quantitative estimate of drug-likeness (QED) is 0.835. The maximum atomic E-state index is 13.5. The smallest absolute Gasteiger partial charge is 0.228 e. The molecule has 0 radical (unpaired) electrons. The van der Waals surface area contributed by atoms with Gasteiger partial charge in [0.1, 0.15) is 5.82 Å². The molecule has 0 aliphatic carbocycles. The van der Waals surface area contributed by atoms with Gasteiger partial charge in [-0.1, -0.05) is 42.5 Å². The van der Waals surface area contributed by atoms with Gasteiger partial charge in [-0.25, -0.2) is 4.39 Å². The molecule has 3 N–H and O–H groups in total. The first-order valence-corrected chi connectivity index (χ1v) is 6.86. The average Bonchev–Trinajstić information content (AvgIpc) is 2.43. The van der Waals surface area contributed by atoms with Gasteiger partial charge in [-0.2, -0.15) is 0 Å². The molecule has 0 aliphatic heterocycles. The van der Waals surface area contributed by atoms with Crippen LogP contribution in [0.5, 0.6) is 0 Å². The zero-order valence-electron chi connectivity index (χ0n) is 11.3. The number of carbonyl (C=O) groups excluding carboxylic acids is 1. The summed E-state index contributed by atoms with van der Waals surface area (Å²) in [6, 6.07) is 13.5. The molecule has 0 atom stereocenters. The second-order valence-corrected chi connectivity index (χ2v) is 5.18. The van der Waals surface area contributed by atoms with E-state index in [9.17, 15) is 9.18 Å². The summed E-state index contributed by atoms with van der Waals surface area (Å²) in [6.45, 7) is 0. The highest BCUT2D eigenvalue weighted by atomic mass is 32.1. The van der Waals surface area contributed by atoms with Crippen molar-refractivity contribution in [3.8, 4) is 0 Å². The molecule has 2 aromatic carbocycles. The number of nitrogens with two attached hydrogens (primary N) is 1. The molecule has 2 aromatic rings. The molecule has 0 unspecified atom stereocenters. The van der Waals surface area contributed by atoms with Crippen LogP contribution in [0.15, 0.2) is 48.5 Å². The van der Waals surface area contributed by atoms with E-state index in [1.54, 1.807) is 30.3 Å². The molecule has 0 bridgehead atoms. The fourth-order valence-electron chi connectivity index (χ4n) is 1.93. The van der Waals surface area contributed by atoms with E-state index in [0.29, 0.717) is 22.7 Å². The lowest BCUT2D eigenvalue weighted by Gasteiger charge is -2.07. The molecule has 5 heteroatoms. The summed E-state index contributed by atoms with van der Waals surface area (Å²) in [5, 5.41) is 2.73. The van der Waals surface area contributed by atoms with Gasteiger partial charge in [0.15, 0.2) is 0 Å². The second kappa shape index (κ2) is 6.95. The fourth-order valence-corrected chi connectivity index (χ4v) is 2.09. The lowest BCUT2D eigenvalue weighted by molar-refractivity contribution is -0.115. The number of benzene rings is 2. The number of nitrogens with one attached hydrogen (secondary N) is 1. The van der Waals surface area contributed by atoms with E-state index >= 15 is 0 Å². The van der Waals surface area contributed by atoms with Crippen molar-refractivity contribution in [3.63, 3.8) is 0 Å². The van der Waals surface area contributed by atoms with E-state index in [1.807, 2.05) is 12.1 Å². The van der Waals surface area contributed by atoms with E-state index in [-0.39, 0.29) is 18.1 Å². The van der Waals surface area contributed by atoms with Gasteiger partial charge in [-0.3, -0.25) is 4.79 Å². The van der Waals surface area contributed by atoms with Crippen molar-refractivity contribution in [3.05, 3.63) is 65.5 Å². The van der Waals surface area contributed by atoms with Crippen LogP contribution < -0.4 is 11.1 Å². The van der Waals surface area contributed by atoms with Gasteiger partial charge in [-0.15, -0.1) is 0 Å². The Labute approximate surface area is 128 Å². The molecule has 0 aromatic heterocycles. The minimum absolute atomic E-state index is 0.00130. The number of amides is 1. The van der Waals surface area contributed by atoms with Crippen molar-refractivity contribution in [2.45, 2.75) is 12.8 Å². The van der Waals surface area contributed by atoms with Crippen molar-refractivity contribution in [1.29, 1.82) is 0 Å². The number of anilines is 1. The van der Waals surface area contributed by atoms with Crippen LogP contribution in [0, 0.1) is 5.82 Å². The first-order chi connectivity index (χ1) is 10.0. The van der Waals surface area contributed by atoms with E-state index in [0.717, 1.165) is 5.56 Å². The average molecular weight is 302 g/mol. The third-order valence-corrected chi connectivity index (χ3v) is 3.07. The van der Waals surface area contributed by atoms with Crippen molar-refractivity contribution in [1.82, 2.24) is 0 Å². The van der Waals surface area contributed by atoms with Gasteiger partial charge in [-0.05, 0) is 29.3 Å². The summed E-state index contributed by atoms with van der Waals surface area (Å²) in [7, 11) is 0. The summed E-state index contributed by atoms with van der Waals surface area (Å²) >= 11 is 4.84. The van der Waals surface area contributed by atoms with Crippen molar-refractivity contribution >= 4 is 28.8 Å². The predicted octanol–water partition coefficient (Wildman–Crippen LogP) is 2.84. The minimum Gasteiger partial charge on any atom is -0.393 e. The minimum atomic E-state index is -0.376. The summed E-state index contributed by atoms with van der Waals surface area (Å²) in [6.07, 6.45) is 0.528. The molecule has 2 rings (SSSR count). The number of rotatable bonds is 5. The summed E-state index contributed by atoms with van der Waals surface area (Å²) < 4.78 is 13.5. The molecule has 0 aliphatic rings. The molecule has 0 saturated carbocycles. The normalized spacial score (nSPS) is 10.1. The van der Waals surface area contributed by atoms with Gasteiger partial charge >= 0.3 is 0 Å². The highest BCUT2D eigenvalue weighted by molar-refractivity contribution is 7.80. The topological polar surface area (TPSA) is 55.1 Å². The SMILES string of the molecule is NC(=S)Cc1ccc(NC(=O)Cc2ccccc2F)cc1. The van der Waals surface area contributed by atoms with Crippen LogP contribution >= 0.6 is 12.2 Å². The summed E-state index contributed by atoms with van der Waals surface area (Å²) in [5.41, 5.74) is 7.48. The van der Waals surface area contributed by atoms with E-state index in [2.05, 4.69) is 5.32 Å². The zero-order valence-corrected chi connectivity index (χ0v) is 12.1. The van der Waals surface area contributed by atoms with Crippen LogP contribution in [-0.4, -0.2) is 10.9 Å². The van der Waals surface area contributed by atoms with E-state index < -0.39 is 0 Å². The largest absolute Gasteiger partial charge is 0.393 e. The molecule has 3 nitrogen and oxygen atoms in total. The monoisotopic (exact) mass is 302 g/mol. The Bertz CT molecular complexity index is 656. The van der Waals surface area contributed by atoms with Crippen LogP contribution in [0.2, 0.25) is 0 Å². The molecular weight excluding hydrogens is 287 g/mol. The van der Waals surface area contributed by atoms with Crippen LogP contribution in [0.25, 0.3) is 0 Å². The van der Waals surface area contributed by atoms with Crippen molar-refractivity contribution < 1.29 is 9.18 Å². The Morgan fingerprint density at radius 3 is 2.38 bits per heavy atom. The maximum Gasteiger partial charge on any atom is 0.228 e. The van der Waals surface area contributed by atoms with E-state index in [4.69, 9.17) is 18.0 Å². The Morgan fingerprint density at radius 1 is 1.10 bits per heavy atom. The molecule has 21 heavy (non-hydrogen) atoms. The molecular formula is C16H15FN2OS. The van der Waals surface area contributed by atoms with Crippen molar-refractivity contribution in [2.24, 2.45) is 5.73 Å². The molecule has 1 amide bonds. The third kappa shape index (κ3) is 4.65. The lowest BCUT2D eigenvalue weighted by atomic mass is 10.1. The van der Waals surface area contributed by atoms with Crippen LogP contribution in [-0.2, 0) is 17.6 Å². The maximum absolute atomic E-state index is 13.5. The zero-order chi connectivity index (χ0) is 15.2. The molecule has 0 heterocycles. The number of hydrogen-bond acceptors (Lipinski definition) is 2. The van der Waals surface area contributed by atoms with Crippen molar-refractivity contribution in [2.75, 3.05) is 5.32 Å². The third-order valence-electron chi connectivity index (χ3n) is 2.92. The Kier molecular flexibility index (Phi) is 5.00. The fraction of sp³-hybridized carbons (Fsp3) is 0.125. The number of carbonyl (C=O) groups is 1. The predicted molar refractivity (Wildman–Crippen MR) is 85.7 cm³/mol. The number of halogens is 1. The van der Waals surface area contributed by atoms with Crippen LogP contribution in [0.4, 0.5) is 10.1 Å². The van der Waals surface area contributed by atoms with Gasteiger partial charge in [0.25, 0.3) is 0 Å². The molecule has 0 fully saturated rings. The molecule has 0 saturated heterocycles. The first-order valence-electron chi connectivity index (χ1n) is 6.45.